The Bertz CT molecular complexity index is 185. The summed E-state index contributed by atoms with van der Waals surface area (Å²) in [7, 11) is 0. The van der Waals surface area contributed by atoms with Gasteiger partial charge in [-0.3, -0.25) is 0 Å². The molecule has 0 amide bonds. The summed E-state index contributed by atoms with van der Waals surface area (Å²) in [5.41, 5.74) is 0.976. The van der Waals surface area contributed by atoms with E-state index in [0.29, 0.717) is 5.92 Å². The zero-order chi connectivity index (χ0) is 9.19. The minimum atomic E-state index is -0.159. The van der Waals surface area contributed by atoms with Crippen molar-refractivity contribution in [3.05, 3.63) is 12.2 Å². The number of allylic oxidation sites excluding steroid dienone is 1. The number of carbonyl (C=O) groups is 1. The fraction of sp³-hybridized carbons (Fsp3) is 0.727. The standard InChI is InChI=1S/C11H18O/c1-9(2)10(3)11(8-12)6-4-5-7-11/h8-9H,3-7H2,1-2H3. The second-order valence-electron chi connectivity index (χ2n) is 4.16. The monoisotopic (exact) mass is 166 g/mol. The first-order valence-electron chi connectivity index (χ1n) is 4.78. The lowest BCUT2D eigenvalue weighted by Gasteiger charge is -2.27. The normalized spacial score (nSPS) is 21.2. The zero-order valence-corrected chi connectivity index (χ0v) is 8.10. The molecule has 1 heteroatoms. The average Bonchev–Trinajstić information content (AvgIpc) is 2.52. The van der Waals surface area contributed by atoms with Gasteiger partial charge in [-0.15, -0.1) is 0 Å². The molecule has 0 saturated heterocycles. The van der Waals surface area contributed by atoms with Gasteiger partial charge in [0.1, 0.15) is 6.29 Å². The molecule has 12 heavy (non-hydrogen) atoms. The van der Waals surface area contributed by atoms with Crippen LogP contribution >= 0.6 is 0 Å². The maximum atomic E-state index is 11.0. The van der Waals surface area contributed by atoms with Crippen LogP contribution < -0.4 is 0 Å². The Kier molecular flexibility index (Phi) is 2.71. The van der Waals surface area contributed by atoms with Crippen LogP contribution in [0.5, 0.6) is 0 Å². The highest BCUT2D eigenvalue weighted by Gasteiger charge is 2.36. The lowest BCUT2D eigenvalue weighted by atomic mass is 9.76. The molecule has 0 atom stereocenters. The predicted molar refractivity (Wildman–Crippen MR) is 50.9 cm³/mol. The molecule has 0 aromatic heterocycles. The maximum absolute atomic E-state index is 11.0. The van der Waals surface area contributed by atoms with E-state index in [-0.39, 0.29) is 5.41 Å². The SMILES string of the molecule is C=C(C(C)C)C1(C=O)CCCC1. The zero-order valence-electron chi connectivity index (χ0n) is 8.10. The predicted octanol–water partition coefficient (Wildman–Crippen LogP) is 2.96. The van der Waals surface area contributed by atoms with E-state index >= 15 is 0 Å². The summed E-state index contributed by atoms with van der Waals surface area (Å²) in [4.78, 5) is 11.0. The van der Waals surface area contributed by atoms with Gasteiger partial charge in [0.25, 0.3) is 0 Å². The van der Waals surface area contributed by atoms with Gasteiger partial charge in [0.05, 0.1) is 0 Å². The van der Waals surface area contributed by atoms with Crippen molar-refractivity contribution < 1.29 is 4.79 Å². The van der Waals surface area contributed by atoms with Gasteiger partial charge in [0, 0.05) is 5.41 Å². The van der Waals surface area contributed by atoms with Gasteiger partial charge in [-0.05, 0) is 18.8 Å². The van der Waals surface area contributed by atoms with Crippen molar-refractivity contribution in [2.75, 3.05) is 0 Å². The van der Waals surface area contributed by atoms with Crippen LogP contribution in [0.1, 0.15) is 39.5 Å². The number of hydrogen-bond acceptors (Lipinski definition) is 1. The quantitative estimate of drug-likeness (QED) is 0.465. The molecule has 1 aliphatic carbocycles. The van der Waals surface area contributed by atoms with E-state index in [1.54, 1.807) is 0 Å². The molecule has 0 spiro atoms. The third kappa shape index (κ3) is 1.45. The van der Waals surface area contributed by atoms with E-state index in [9.17, 15) is 4.79 Å². The van der Waals surface area contributed by atoms with Gasteiger partial charge in [0.15, 0.2) is 0 Å². The summed E-state index contributed by atoms with van der Waals surface area (Å²) in [6.45, 7) is 8.28. The van der Waals surface area contributed by atoms with Gasteiger partial charge in [-0.2, -0.15) is 0 Å². The van der Waals surface area contributed by atoms with E-state index in [4.69, 9.17) is 0 Å². The first-order chi connectivity index (χ1) is 5.62. The van der Waals surface area contributed by atoms with Gasteiger partial charge in [-0.25, -0.2) is 0 Å². The molecule has 1 nitrogen and oxygen atoms in total. The summed E-state index contributed by atoms with van der Waals surface area (Å²) in [5, 5.41) is 0. The lowest BCUT2D eigenvalue weighted by molar-refractivity contribution is -0.114. The van der Waals surface area contributed by atoms with Gasteiger partial charge >= 0.3 is 0 Å². The van der Waals surface area contributed by atoms with Crippen LogP contribution in [0.15, 0.2) is 12.2 Å². The second-order valence-corrected chi connectivity index (χ2v) is 4.16. The molecule has 0 bridgehead atoms. The second kappa shape index (κ2) is 3.42. The Labute approximate surface area is 74.9 Å². The lowest BCUT2D eigenvalue weighted by Crippen LogP contribution is -2.23. The third-order valence-corrected chi connectivity index (χ3v) is 3.06. The summed E-state index contributed by atoms with van der Waals surface area (Å²) in [6.07, 6.45) is 5.54. The van der Waals surface area contributed by atoms with Crippen LogP contribution in [-0.2, 0) is 4.79 Å². The smallest absolute Gasteiger partial charge is 0.130 e. The van der Waals surface area contributed by atoms with E-state index in [1.807, 2.05) is 0 Å². The van der Waals surface area contributed by atoms with Crippen LogP contribution in [0.25, 0.3) is 0 Å². The van der Waals surface area contributed by atoms with Crippen molar-refractivity contribution in [3.63, 3.8) is 0 Å². The van der Waals surface area contributed by atoms with Crippen LogP contribution in [0, 0.1) is 11.3 Å². The third-order valence-electron chi connectivity index (χ3n) is 3.06. The molecule has 0 N–H and O–H groups in total. The topological polar surface area (TPSA) is 17.1 Å². The molecule has 0 aromatic rings. The number of hydrogen-bond donors (Lipinski definition) is 0. The highest BCUT2D eigenvalue weighted by molar-refractivity contribution is 5.65. The van der Waals surface area contributed by atoms with E-state index < -0.39 is 0 Å². The molecule has 1 rings (SSSR count). The molecule has 0 aromatic carbocycles. The van der Waals surface area contributed by atoms with Crippen LogP contribution in [0.4, 0.5) is 0 Å². The Morgan fingerprint density at radius 3 is 2.25 bits per heavy atom. The van der Waals surface area contributed by atoms with Gasteiger partial charge < -0.3 is 4.79 Å². The highest BCUT2D eigenvalue weighted by atomic mass is 16.1. The minimum Gasteiger partial charge on any atom is -0.302 e. The van der Waals surface area contributed by atoms with Crippen molar-refractivity contribution in [2.45, 2.75) is 39.5 Å². The largest absolute Gasteiger partial charge is 0.302 e. The van der Waals surface area contributed by atoms with E-state index in [0.717, 1.165) is 24.7 Å². The van der Waals surface area contributed by atoms with Crippen LogP contribution in [0.3, 0.4) is 0 Å². The molecule has 1 aliphatic rings. The Balaban J connectivity index is 2.79. The Hall–Kier alpha value is -0.590. The molecule has 0 aliphatic heterocycles. The van der Waals surface area contributed by atoms with Crippen LogP contribution in [0.2, 0.25) is 0 Å². The average molecular weight is 166 g/mol. The number of rotatable bonds is 3. The highest BCUT2D eigenvalue weighted by Crippen LogP contribution is 2.44. The molecular formula is C11H18O. The Morgan fingerprint density at radius 1 is 1.42 bits per heavy atom. The molecule has 0 heterocycles. The Morgan fingerprint density at radius 2 is 1.92 bits per heavy atom. The van der Waals surface area contributed by atoms with Crippen molar-refractivity contribution in [2.24, 2.45) is 11.3 Å². The van der Waals surface area contributed by atoms with Gasteiger partial charge in [-0.1, -0.05) is 38.8 Å². The molecule has 1 fully saturated rings. The molecule has 0 radical (unpaired) electrons. The summed E-state index contributed by atoms with van der Waals surface area (Å²) in [5.74, 6) is 0.438. The van der Waals surface area contributed by atoms with Crippen LogP contribution in [-0.4, -0.2) is 6.29 Å². The van der Waals surface area contributed by atoms with Crippen molar-refractivity contribution in [1.29, 1.82) is 0 Å². The fourth-order valence-corrected chi connectivity index (χ4v) is 2.10. The molecule has 1 saturated carbocycles. The first-order valence-corrected chi connectivity index (χ1v) is 4.78. The number of aldehydes is 1. The number of carbonyl (C=O) groups excluding carboxylic acids is 1. The molecular weight excluding hydrogens is 148 g/mol. The molecule has 0 unspecified atom stereocenters. The van der Waals surface area contributed by atoms with Crippen molar-refractivity contribution >= 4 is 6.29 Å². The van der Waals surface area contributed by atoms with E-state index in [1.165, 1.54) is 12.8 Å². The summed E-state index contributed by atoms with van der Waals surface area (Å²) >= 11 is 0. The summed E-state index contributed by atoms with van der Waals surface area (Å²) in [6, 6.07) is 0. The van der Waals surface area contributed by atoms with E-state index in [2.05, 4.69) is 20.4 Å². The summed E-state index contributed by atoms with van der Waals surface area (Å²) < 4.78 is 0. The maximum Gasteiger partial charge on any atom is 0.130 e. The van der Waals surface area contributed by atoms with Crippen molar-refractivity contribution in [1.82, 2.24) is 0 Å². The fourth-order valence-electron chi connectivity index (χ4n) is 2.10. The van der Waals surface area contributed by atoms with Gasteiger partial charge in [0.2, 0.25) is 0 Å². The minimum absolute atomic E-state index is 0.159. The molecule has 68 valence electrons. The van der Waals surface area contributed by atoms with Crippen molar-refractivity contribution in [3.8, 4) is 0 Å². The first kappa shape index (κ1) is 9.50.